The highest BCUT2D eigenvalue weighted by molar-refractivity contribution is 5.78. The minimum Gasteiger partial charge on any atom is -0.197 e. The molecule has 2 heterocycles. The Morgan fingerprint density at radius 3 is 1.65 bits per heavy atom. The number of nitrogens with one attached hydrogen (secondary N) is 2. The summed E-state index contributed by atoms with van der Waals surface area (Å²) >= 11 is 0. The molecule has 0 bridgehead atoms. The second-order valence-electron chi connectivity index (χ2n) is 4.72. The molecule has 0 saturated carbocycles. The first-order valence-electron chi connectivity index (χ1n) is 6.48. The zero-order valence-electron chi connectivity index (χ0n) is 10.7. The summed E-state index contributed by atoms with van der Waals surface area (Å²) in [6.45, 7) is 0. The summed E-state index contributed by atoms with van der Waals surface area (Å²) in [6, 6.07) is 12.1. The quantitative estimate of drug-likeness (QED) is 0.593. The van der Waals surface area contributed by atoms with Crippen LogP contribution >= 0.6 is 0 Å². The third-order valence-corrected chi connectivity index (χ3v) is 3.52. The van der Waals surface area contributed by atoms with E-state index in [-0.39, 0.29) is 0 Å². The molecule has 6 heteroatoms. The fraction of sp³-hybridized carbons (Fsp3) is 0.143. The highest BCUT2D eigenvalue weighted by Gasteiger charge is 2.08. The maximum Gasteiger partial charge on any atom is 0.116 e. The minimum absolute atomic E-state index is 0.899. The lowest BCUT2D eigenvalue weighted by atomic mass is 10.0. The molecular formula is C14H12N6. The number of rotatable bonds is 3. The van der Waals surface area contributed by atoms with Crippen molar-refractivity contribution in [3.8, 4) is 0 Å². The summed E-state index contributed by atoms with van der Waals surface area (Å²) < 4.78 is 0. The van der Waals surface area contributed by atoms with E-state index in [1.165, 1.54) is 11.1 Å². The predicted octanol–water partition coefficient (Wildman–Crippen LogP) is 2.01. The lowest BCUT2D eigenvalue weighted by Gasteiger charge is -2.03. The highest BCUT2D eigenvalue weighted by Crippen LogP contribution is 2.19. The lowest BCUT2D eigenvalue weighted by Crippen LogP contribution is -1.94. The van der Waals surface area contributed by atoms with Gasteiger partial charge < -0.3 is 0 Å². The number of para-hydroxylation sites is 2. The summed E-state index contributed by atoms with van der Waals surface area (Å²) in [6.07, 6.45) is 1.80. The molecule has 0 spiro atoms. The van der Waals surface area contributed by atoms with Gasteiger partial charge in [0.25, 0.3) is 0 Å². The molecule has 0 fully saturated rings. The van der Waals surface area contributed by atoms with Crippen molar-refractivity contribution in [2.75, 3.05) is 0 Å². The van der Waals surface area contributed by atoms with Gasteiger partial charge in [0.1, 0.15) is 22.1 Å². The molecule has 20 heavy (non-hydrogen) atoms. The van der Waals surface area contributed by atoms with E-state index >= 15 is 0 Å². The van der Waals surface area contributed by atoms with Crippen LogP contribution in [0.4, 0.5) is 0 Å². The van der Waals surface area contributed by atoms with Crippen molar-refractivity contribution >= 4 is 22.1 Å². The first-order valence-corrected chi connectivity index (χ1v) is 6.48. The Balaban J connectivity index is 1.67. The van der Waals surface area contributed by atoms with Gasteiger partial charge in [-0.15, -0.1) is 0 Å². The second kappa shape index (κ2) is 4.41. The molecule has 0 radical (unpaired) electrons. The molecule has 0 unspecified atom stereocenters. The number of hydrogen-bond acceptors (Lipinski definition) is 4. The number of fused-ring (bicyclic) bond motifs is 2. The summed E-state index contributed by atoms with van der Waals surface area (Å²) in [5, 5.41) is 22.0. The van der Waals surface area contributed by atoms with Gasteiger partial charge in [0, 0.05) is 0 Å². The Kier molecular flexibility index (Phi) is 2.45. The summed E-state index contributed by atoms with van der Waals surface area (Å²) in [5.41, 5.74) is 6.08. The van der Waals surface area contributed by atoms with Crippen LogP contribution in [-0.2, 0) is 12.8 Å². The van der Waals surface area contributed by atoms with E-state index in [2.05, 4.69) is 43.0 Å². The molecule has 0 aliphatic carbocycles. The van der Waals surface area contributed by atoms with E-state index in [1.807, 2.05) is 24.3 Å². The molecule has 0 aliphatic heterocycles. The van der Waals surface area contributed by atoms with Gasteiger partial charge in [0.05, 0.1) is 0 Å². The van der Waals surface area contributed by atoms with E-state index in [1.54, 1.807) is 0 Å². The molecular weight excluding hydrogens is 252 g/mol. The summed E-state index contributed by atoms with van der Waals surface area (Å²) in [4.78, 5) is 0. The fourth-order valence-electron chi connectivity index (χ4n) is 2.52. The monoisotopic (exact) mass is 264 g/mol. The van der Waals surface area contributed by atoms with Gasteiger partial charge in [-0.05, 0) is 36.1 Å². The highest BCUT2D eigenvalue weighted by atomic mass is 15.3. The lowest BCUT2D eigenvalue weighted by molar-refractivity contribution is 0.935. The zero-order valence-corrected chi connectivity index (χ0v) is 10.7. The van der Waals surface area contributed by atoms with Crippen molar-refractivity contribution in [3.05, 3.63) is 47.5 Å². The number of hydrogen-bond donors (Lipinski definition) is 2. The smallest absolute Gasteiger partial charge is 0.116 e. The third kappa shape index (κ3) is 1.73. The first kappa shape index (κ1) is 11.1. The average molecular weight is 264 g/mol. The molecule has 2 aromatic heterocycles. The third-order valence-electron chi connectivity index (χ3n) is 3.52. The van der Waals surface area contributed by atoms with E-state index < -0.39 is 0 Å². The van der Waals surface area contributed by atoms with Gasteiger partial charge in [-0.25, -0.2) is 0 Å². The van der Waals surface area contributed by atoms with Crippen molar-refractivity contribution in [1.82, 2.24) is 30.8 Å². The molecule has 0 saturated heterocycles. The van der Waals surface area contributed by atoms with Gasteiger partial charge in [0.15, 0.2) is 0 Å². The van der Waals surface area contributed by atoms with Crippen LogP contribution in [-0.4, -0.2) is 30.8 Å². The van der Waals surface area contributed by atoms with E-state index in [0.29, 0.717) is 0 Å². The number of benzene rings is 2. The minimum atomic E-state index is 0.899. The van der Waals surface area contributed by atoms with Gasteiger partial charge in [-0.3, -0.25) is 0 Å². The Labute approximate surface area is 114 Å². The standard InChI is InChI=1S/C14H12N6/c1-3-9(13-11(5-1)15-19-17-13)7-8-10-4-2-6-12-14(10)18-20-16-12/h1-6H,7-8H2,(H,15,17,19)(H,16,18,20). The van der Waals surface area contributed by atoms with Gasteiger partial charge in [0.2, 0.25) is 0 Å². The molecule has 2 N–H and O–H groups in total. The molecule has 4 rings (SSSR count). The average Bonchev–Trinajstić information content (AvgIpc) is 3.13. The second-order valence-corrected chi connectivity index (χ2v) is 4.72. The SMILES string of the molecule is c1cc(CCc2cccc3n[nH]nc23)c2n[nH]nc2c1. The van der Waals surface area contributed by atoms with Gasteiger partial charge in [-0.1, -0.05) is 24.3 Å². The largest absolute Gasteiger partial charge is 0.197 e. The number of aryl methyl sites for hydroxylation is 2. The Hall–Kier alpha value is -2.76. The van der Waals surface area contributed by atoms with Crippen LogP contribution in [0.25, 0.3) is 22.1 Å². The van der Waals surface area contributed by atoms with Crippen LogP contribution in [0.3, 0.4) is 0 Å². The number of aromatic amines is 2. The normalized spacial score (nSPS) is 11.4. The van der Waals surface area contributed by atoms with Crippen molar-refractivity contribution in [1.29, 1.82) is 0 Å². The van der Waals surface area contributed by atoms with Crippen molar-refractivity contribution in [2.45, 2.75) is 12.8 Å². The molecule has 4 aromatic rings. The molecule has 6 nitrogen and oxygen atoms in total. The van der Waals surface area contributed by atoms with Crippen LogP contribution in [0, 0.1) is 0 Å². The maximum atomic E-state index is 4.21. The summed E-state index contributed by atoms with van der Waals surface area (Å²) in [5.74, 6) is 0. The fourth-order valence-corrected chi connectivity index (χ4v) is 2.52. The maximum absolute atomic E-state index is 4.21. The van der Waals surface area contributed by atoms with E-state index in [4.69, 9.17) is 0 Å². The molecule has 0 atom stereocenters. The van der Waals surface area contributed by atoms with Crippen LogP contribution < -0.4 is 0 Å². The number of nitrogens with zero attached hydrogens (tertiary/aromatic N) is 4. The van der Waals surface area contributed by atoms with Gasteiger partial charge >= 0.3 is 0 Å². The van der Waals surface area contributed by atoms with Crippen molar-refractivity contribution in [3.63, 3.8) is 0 Å². The predicted molar refractivity (Wildman–Crippen MR) is 75.2 cm³/mol. The number of H-pyrrole nitrogens is 2. The number of aromatic nitrogens is 6. The summed E-state index contributed by atoms with van der Waals surface area (Å²) in [7, 11) is 0. The van der Waals surface area contributed by atoms with E-state index in [0.717, 1.165) is 34.9 Å². The Bertz CT molecular complexity index is 801. The first-order chi connectivity index (χ1) is 9.92. The Morgan fingerprint density at radius 1 is 0.650 bits per heavy atom. The topological polar surface area (TPSA) is 83.1 Å². The van der Waals surface area contributed by atoms with Gasteiger partial charge in [-0.2, -0.15) is 30.8 Å². The molecule has 0 aliphatic rings. The molecule has 0 amide bonds. The van der Waals surface area contributed by atoms with Crippen molar-refractivity contribution in [2.24, 2.45) is 0 Å². The molecule has 2 aromatic carbocycles. The zero-order chi connectivity index (χ0) is 13.4. The van der Waals surface area contributed by atoms with E-state index in [9.17, 15) is 0 Å². The van der Waals surface area contributed by atoms with Crippen molar-refractivity contribution < 1.29 is 0 Å². The molecule has 98 valence electrons. The van der Waals surface area contributed by atoms with Crippen LogP contribution in [0.1, 0.15) is 11.1 Å². The van der Waals surface area contributed by atoms with Crippen LogP contribution in [0.5, 0.6) is 0 Å². The van der Waals surface area contributed by atoms with Crippen LogP contribution in [0.2, 0.25) is 0 Å². The Morgan fingerprint density at radius 2 is 1.15 bits per heavy atom. The van der Waals surface area contributed by atoms with Crippen LogP contribution in [0.15, 0.2) is 36.4 Å².